The molecule has 18 nitrogen and oxygen atoms in total. The fraction of sp³-hybridized carbons (Fsp3) is 0.702. The zero-order chi connectivity index (χ0) is 48.4. The maximum absolute atomic E-state index is 12.6. The number of cyclic esters (lactones) is 1. The van der Waals surface area contributed by atoms with Gasteiger partial charge in [-0.15, -0.1) is 0 Å². The SMILES string of the molecule is C[C@H]1[C@H](O)[C@@H](C)/C=C/C=C/CC/C=C/C=C/C=C/C=C/[C@H](O[C@@H]2O[C@H](C)[C@H](O)[C@@H](N)[C@@H]2O)C[C@@H]2O[C@](O)(C[C@@H](O)[C@H](O)CC[C@@H](O)C[C@@H](O)C[C@@H](O)CC(=O)O[C@H]1C)C[C@H](O)[C@H]2C(=O)O. The minimum absolute atomic E-state index is 0.138. The van der Waals surface area contributed by atoms with Gasteiger partial charge in [0.15, 0.2) is 12.1 Å². The first kappa shape index (κ1) is 56.1. The fourth-order valence-corrected chi connectivity index (χ4v) is 8.11. The highest BCUT2D eigenvalue weighted by atomic mass is 16.7. The van der Waals surface area contributed by atoms with Crippen molar-refractivity contribution < 1.29 is 84.7 Å². The lowest BCUT2D eigenvalue weighted by Gasteiger charge is -2.45. The molecule has 3 heterocycles. The Morgan fingerprint density at radius 2 is 1.28 bits per heavy atom. The molecule has 370 valence electrons. The van der Waals surface area contributed by atoms with Crippen molar-refractivity contribution in [2.24, 2.45) is 23.5 Å². The van der Waals surface area contributed by atoms with Crippen LogP contribution in [0.1, 0.15) is 91.9 Å². The summed E-state index contributed by atoms with van der Waals surface area (Å²) in [6.45, 7) is 6.78. The number of carboxylic acids is 1. The number of ether oxygens (including phenoxy) is 4. The van der Waals surface area contributed by atoms with Crippen LogP contribution < -0.4 is 5.73 Å². The van der Waals surface area contributed by atoms with Crippen molar-refractivity contribution in [1.29, 1.82) is 0 Å². The van der Waals surface area contributed by atoms with Crippen molar-refractivity contribution in [3.63, 3.8) is 0 Å². The molecule has 0 aromatic carbocycles. The van der Waals surface area contributed by atoms with E-state index in [0.717, 1.165) is 12.8 Å². The van der Waals surface area contributed by atoms with Gasteiger partial charge in [-0.25, -0.2) is 0 Å². The van der Waals surface area contributed by atoms with Gasteiger partial charge in [-0.05, 0) is 52.4 Å². The topological polar surface area (TPSA) is 320 Å². The summed E-state index contributed by atoms with van der Waals surface area (Å²) in [5, 5.41) is 118. The molecule has 0 amide bonds. The van der Waals surface area contributed by atoms with E-state index in [1.807, 2.05) is 49.5 Å². The third-order valence-corrected chi connectivity index (χ3v) is 12.2. The molecule has 0 spiro atoms. The third kappa shape index (κ3) is 18.8. The monoisotopic (exact) mass is 926 g/mol. The maximum atomic E-state index is 12.6. The smallest absolute Gasteiger partial charge is 0.311 e. The fourth-order valence-electron chi connectivity index (χ4n) is 8.11. The quantitative estimate of drug-likeness (QED) is 0.175. The van der Waals surface area contributed by atoms with Gasteiger partial charge in [-0.3, -0.25) is 9.59 Å². The van der Waals surface area contributed by atoms with Crippen molar-refractivity contribution in [3.8, 4) is 0 Å². The lowest BCUT2D eigenvalue weighted by atomic mass is 9.82. The molecule has 13 N–H and O–H groups in total. The molecule has 2 bridgehead atoms. The lowest BCUT2D eigenvalue weighted by Crippen LogP contribution is -2.61. The summed E-state index contributed by atoms with van der Waals surface area (Å²) in [6.07, 6.45) is 2.28. The molecule has 65 heavy (non-hydrogen) atoms. The van der Waals surface area contributed by atoms with Crippen molar-refractivity contribution in [2.75, 3.05) is 0 Å². The van der Waals surface area contributed by atoms with E-state index < -0.39 is 141 Å². The van der Waals surface area contributed by atoms with Crippen LogP contribution in [0.15, 0.2) is 72.9 Å². The Balaban J connectivity index is 1.84. The molecule has 18 heteroatoms. The lowest BCUT2D eigenvalue weighted by molar-refractivity contribution is -0.310. The minimum atomic E-state index is -2.35. The van der Waals surface area contributed by atoms with Gasteiger partial charge in [0.2, 0.25) is 0 Å². The Labute approximate surface area is 381 Å². The second kappa shape index (κ2) is 27.6. The summed E-state index contributed by atoms with van der Waals surface area (Å²) in [7, 11) is 0. The van der Waals surface area contributed by atoms with E-state index in [9.17, 15) is 65.8 Å². The molecular weight excluding hydrogens is 851 g/mol. The van der Waals surface area contributed by atoms with Crippen molar-refractivity contribution in [2.45, 2.75) is 189 Å². The molecule has 19 atom stereocenters. The molecule has 3 aliphatic heterocycles. The van der Waals surface area contributed by atoms with Gasteiger partial charge in [-0.1, -0.05) is 86.8 Å². The molecule has 0 aliphatic carbocycles. The van der Waals surface area contributed by atoms with E-state index in [2.05, 4.69) is 0 Å². The summed E-state index contributed by atoms with van der Waals surface area (Å²) in [5.41, 5.74) is 6.02. The first-order chi connectivity index (χ1) is 30.6. The zero-order valence-corrected chi connectivity index (χ0v) is 37.8. The van der Waals surface area contributed by atoms with Crippen LogP contribution in [0, 0.1) is 17.8 Å². The summed E-state index contributed by atoms with van der Waals surface area (Å²) >= 11 is 0. The standard InChI is InChI=1S/C47H75NO17/c1-27-17-15-13-11-9-7-5-6-8-10-12-14-16-18-34(64-46-44(58)41(48)43(57)30(4)63-46)24-38-40(45(59)60)37(54)26-47(61,65-38)25-36(53)35(52)20-19-31(49)21-32(50)22-33(51)23-39(55)62-29(3)28(2)42(27)56/h5-6,8,10-18,27-38,40-44,46,49-54,56-58,61H,7,9,19-26,48H2,1-4H3,(H,59,60)/b6-5+,10-8+,13-11+,14-12+,17-15+,18-16+/t27-,28+,29-,30+,31+,32+,33+,34-,35+,36+,37-,38-,40+,41+,42+,43-,44-,46-,47+/m0/s1. The Kier molecular flexibility index (Phi) is 23.8. The average Bonchev–Trinajstić information content (AvgIpc) is 3.21. The van der Waals surface area contributed by atoms with Crippen LogP contribution in [0.5, 0.6) is 0 Å². The largest absolute Gasteiger partial charge is 0.481 e. The predicted octanol–water partition coefficient (Wildman–Crippen LogP) is 0.936. The summed E-state index contributed by atoms with van der Waals surface area (Å²) in [6, 6.07) is -1.14. The van der Waals surface area contributed by atoms with Gasteiger partial charge in [0.25, 0.3) is 0 Å². The van der Waals surface area contributed by atoms with Gasteiger partial charge in [-0.2, -0.15) is 0 Å². The molecule has 0 aromatic heterocycles. The predicted molar refractivity (Wildman–Crippen MR) is 237 cm³/mol. The Bertz CT molecular complexity index is 1620. The van der Waals surface area contributed by atoms with E-state index in [4.69, 9.17) is 24.7 Å². The second-order valence-electron chi connectivity index (χ2n) is 17.8. The van der Waals surface area contributed by atoms with Crippen LogP contribution in [0.3, 0.4) is 0 Å². The molecule has 0 unspecified atom stereocenters. The highest BCUT2D eigenvalue weighted by Crippen LogP contribution is 2.38. The summed E-state index contributed by atoms with van der Waals surface area (Å²) in [4.78, 5) is 25.1. The average molecular weight is 926 g/mol. The number of esters is 1. The van der Waals surface area contributed by atoms with Gasteiger partial charge in [0.1, 0.15) is 18.1 Å². The van der Waals surface area contributed by atoms with Crippen molar-refractivity contribution >= 4 is 11.9 Å². The van der Waals surface area contributed by atoms with Crippen molar-refractivity contribution in [3.05, 3.63) is 72.9 Å². The highest BCUT2D eigenvalue weighted by Gasteiger charge is 2.51. The number of hydrogen-bond donors (Lipinski definition) is 12. The highest BCUT2D eigenvalue weighted by molar-refractivity contribution is 5.71. The number of nitrogens with two attached hydrogens (primary N) is 1. The molecule has 3 aliphatic rings. The normalized spacial score (nSPS) is 45.2. The Hall–Kier alpha value is -3.18. The second-order valence-corrected chi connectivity index (χ2v) is 17.8. The number of allylic oxidation sites excluding steroid dienone is 10. The Morgan fingerprint density at radius 1 is 0.692 bits per heavy atom. The minimum Gasteiger partial charge on any atom is -0.481 e. The van der Waals surface area contributed by atoms with Crippen LogP contribution in [0.2, 0.25) is 0 Å². The number of hydrogen-bond acceptors (Lipinski definition) is 17. The van der Waals surface area contributed by atoms with E-state index in [1.165, 1.54) is 13.0 Å². The van der Waals surface area contributed by atoms with Gasteiger partial charge in [0.05, 0.1) is 79.6 Å². The first-order valence-electron chi connectivity index (χ1n) is 22.6. The van der Waals surface area contributed by atoms with Gasteiger partial charge >= 0.3 is 11.9 Å². The summed E-state index contributed by atoms with van der Waals surface area (Å²) in [5.74, 6) is -6.82. The van der Waals surface area contributed by atoms with Crippen LogP contribution in [-0.4, -0.2) is 166 Å². The van der Waals surface area contributed by atoms with Crippen LogP contribution in [0.4, 0.5) is 0 Å². The first-order valence-corrected chi connectivity index (χ1v) is 22.6. The molecule has 0 aromatic rings. The number of fused-ring (bicyclic) bond motifs is 2. The van der Waals surface area contributed by atoms with Crippen molar-refractivity contribution in [1.82, 2.24) is 0 Å². The van der Waals surface area contributed by atoms with Crippen LogP contribution >= 0.6 is 0 Å². The Morgan fingerprint density at radius 3 is 1.94 bits per heavy atom. The number of carbonyl (C=O) groups excluding carboxylic acids is 1. The number of aliphatic hydroxyl groups excluding tert-OH is 9. The molecule has 2 fully saturated rings. The molecule has 2 saturated heterocycles. The van der Waals surface area contributed by atoms with Gasteiger partial charge in [0, 0.05) is 31.1 Å². The maximum Gasteiger partial charge on any atom is 0.311 e. The van der Waals surface area contributed by atoms with Crippen LogP contribution in [-0.2, 0) is 28.5 Å². The molecule has 0 saturated carbocycles. The van der Waals surface area contributed by atoms with E-state index >= 15 is 0 Å². The number of rotatable bonds is 3. The van der Waals surface area contributed by atoms with E-state index in [-0.39, 0.29) is 38.0 Å². The molecule has 3 rings (SSSR count). The number of carboxylic acid groups (broad SMARTS) is 1. The number of carbonyl (C=O) groups is 2. The third-order valence-electron chi connectivity index (χ3n) is 12.2. The summed E-state index contributed by atoms with van der Waals surface area (Å²) < 4.78 is 23.2. The zero-order valence-electron chi connectivity index (χ0n) is 37.8. The molecule has 0 radical (unpaired) electrons. The van der Waals surface area contributed by atoms with E-state index in [1.54, 1.807) is 38.2 Å². The van der Waals surface area contributed by atoms with Crippen LogP contribution in [0.25, 0.3) is 0 Å². The number of aliphatic carboxylic acids is 1. The molecular formula is C47H75NO17. The number of aliphatic hydroxyl groups is 10. The van der Waals surface area contributed by atoms with E-state index in [0.29, 0.717) is 0 Å². The van der Waals surface area contributed by atoms with Gasteiger partial charge < -0.3 is 80.9 Å².